The number of fused-ring (bicyclic) bond motifs is 1. The predicted octanol–water partition coefficient (Wildman–Crippen LogP) is 4.55. The molecule has 1 amide bonds. The maximum absolute atomic E-state index is 12.8. The Morgan fingerprint density at radius 1 is 0.886 bits per heavy atom. The van der Waals surface area contributed by atoms with Gasteiger partial charge in [-0.15, -0.1) is 10.2 Å². The van der Waals surface area contributed by atoms with E-state index in [1.54, 1.807) is 4.90 Å². The number of esters is 1. The molecule has 0 atom stereocenters. The molecule has 0 N–H and O–H groups in total. The van der Waals surface area contributed by atoms with Crippen LogP contribution in [-0.2, 0) is 20.7 Å². The standard InChI is InChI=1S/C27H24N4O3S/c32-24(30-17-9-13-20-10-7-8-16-23(20)30)18-34-25(33)19-35-27-29-28-26(21-11-3-1-4-12-21)31(27)22-14-5-2-6-15-22/h1-8,10-12,14-16H,9,13,17-19H2. The number of thioether (sulfide) groups is 1. The molecule has 0 fully saturated rings. The van der Waals surface area contributed by atoms with Gasteiger partial charge < -0.3 is 9.64 Å². The highest BCUT2D eigenvalue weighted by atomic mass is 32.2. The van der Waals surface area contributed by atoms with Gasteiger partial charge in [-0.1, -0.05) is 78.5 Å². The Hall–Kier alpha value is -3.91. The van der Waals surface area contributed by atoms with Crippen LogP contribution in [0.2, 0.25) is 0 Å². The fraction of sp³-hybridized carbons (Fsp3) is 0.185. The summed E-state index contributed by atoms with van der Waals surface area (Å²) in [6.45, 7) is 0.346. The van der Waals surface area contributed by atoms with Crippen LogP contribution in [0.5, 0.6) is 0 Å². The van der Waals surface area contributed by atoms with E-state index in [0.717, 1.165) is 35.3 Å². The third-order valence-electron chi connectivity index (χ3n) is 5.77. The van der Waals surface area contributed by atoms with Crippen LogP contribution in [0.1, 0.15) is 12.0 Å². The number of aromatic nitrogens is 3. The first-order chi connectivity index (χ1) is 17.2. The summed E-state index contributed by atoms with van der Waals surface area (Å²) in [7, 11) is 0. The van der Waals surface area contributed by atoms with Gasteiger partial charge in [0.2, 0.25) is 0 Å². The van der Waals surface area contributed by atoms with Crippen LogP contribution in [-0.4, -0.2) is 45.5 Å². The van der Waals surface area contributed by atoms with E-state index in [1.165, 1.54) is 11.8 Å². The summed E-state index contributed by atoms with van der Waals surface area (Å²) in [6, 6.07) is 27.4. The lowest BCUT2D eigenvalue weighted by Gasteiger charge is -2.29. The molecule has 5 rings (SSSR count). The lowest BCUT2D eigenvalue weighted by Crippen LogP contribution is -2.38. The first-order valence-electron chi connectivity index (χ1n) is 11.4. The molecule has 3 aromatic carbocycles. The molecule has 0 bridgehead atoms. The highest BCUT2D eigenvalue weighted by molar-refractivity contribution is 7.99. The molecule has 1 aliphatic rings. The maximum atomic E-state index is 12.8. The smallest absolute Gasteiger partial charge is 0.316 e. The van der Waals surface area contributed by atoms with E-state index in [9.17, 15) is 9.59 Å². The van der Waals surface area contributed by atoms with Gasteiger partial charge >= 0.3 is 5.97 Å². The van der Waals surface area contributed by atoms with Crippen molar-refractivity contribution in [3.8, 4) is 17.1 Å². The second-order valence-electron chi connectivity index (χ2n) is 8.07. The number of para-hydroxylation sites is 2. The zero-order valence-corrected chi connectivity index (χ0v) is 19.9. The second-order valence-corrected chi connectivity index (χ2v) is 9.01. The Balaban J connectivity index is 1.25. The molecule has 0 saturated carbocycles. The number of aryl methyl sites for hydroxylation is 1. The number of nitrogens with zero attached hydrogens (tertiary/aromatic N) is 4. The highest BCUT2D eigenvalue weighted by Gasteiger charge is 2.23. The van der Waals surface area contributed by atoms with E-state index in [0.29, 0.717) is 17.5 Å². The summed E-state index contributed by atoms with van der Waals surface area (Å²) >= 11 is 1.23. The molecule has 0 unspecified atom stereocenters. The number of anilines is 1. The Morgan fingerprint density at radius 3 is 2.40 bits per heavy atom. The average molecular weight is 485 g/mol. The molecule has 1 aliphatic heterocycles. The largest absolute Gasteiger partial charge is 0.455 e. The molecule has 0 aliphatic carbocycles. The van der Waals surface area contributed by atoms with Gasteiger partial charge in [0, 0.05) is 23.5 Å². The van der Waals surface area contributed by atoms with Gasteiger partial charge in [0.15, 0.2) is 17.6 Å². The molecular formula is C27H24N4O3S. The zero-order valence-electron chi connectivity index (χ0n) is 19.0. The highest BCUT2D eigenvalue weighted by Crippen LogP contribution is 2.28. The van der Waals surface area contributed by atoms with Crippen molar-refractivity contribution in [2.75, 3.05) is 23.8 Å². The third kappa shape index (κ3) is 5.12. The predicted molar refractivity (Wildman–Crippen MR) is 136 cm³/mol. The molecule has 4 aromatic rings. The summed E-state index contributed by atoms with van der Waals surface area (Å²) in [4.78, 5) is 27.0. The van der Waals surface area contributed by atoms with E-state index in [1.807, 2.05) is 89.5 Å². The number of amides is 1. The fourth-order valence-corrected chi connectivity index (χ4v) is 4.88. The van der Waals surface area contributed by atoms with Crippen LogP contribution in [0.4, 0.5) is 5.69 Å². The fourth-order valence-electron chi connectivity index (χ4n) is 4.13. The zero-order chi connectivity index (χ0) is 24.0. The van der Waals surface area contributed by atoms with Crippen molar-refractivity contribution in [2.45, 2.75) is 18.0 Å². The average Bonchev–Trinajstić information content (AvgIpc) is 3.35. The minimum absolute atomic E-state index is 0.0175. The number of ether oxygens (including phenoxy) is 1. The van der Waals surface area contributed by atoms with Gasteiger partial charge in [-0.2, -0.15) is 0 Å². The number of carbonyl (C=O) groups is 2. The normalized spacial score (nSPS) is 12.7. The monoisotopic (exact) mass is 484 g/mol. The first kappa shape index (κ1) is 22.9. The Kier molecular flexibility index (Phi) is 6.90. The van der Waals surface area contributed by atoms with Crippen molar-refractivity contribution in [1.82, 2.24) is 14.8 Å². The molecule has 7 nitrogen and oxygen atoms in total. The van der Waals surface area contributed by atoms with Gasteiger partial charge in [-0.25, -0.2) is 0 Å². The number of hydrogen-bond acceptors (Lipinski definition) is 6. The lowest BCUT2D eigenvalue weighted by atomic mass is 10.0. The molecular weight excluding hydrogens is 460 g/mol. The molecule has 2 heterocycles. The van der Waals surface area contributed by atoms with Crippen LogP contribution >= 0.6 is 11.8 Å². The third-order valence-corrected chi connectivity index (χ3v) is 6.67. The molecule has 1 aromatic heterocycles. The molecule has 176 valence electrons. The molecule has 0 spiro atoms. The number of benzene rings is 3. The Labute approximate surface area is 207 Å². The van der Waals surface area contributed by atoms with Gasteiger partial charge in [-0.05, 0) is 36.6 Å². The SMILES string of the molecule is O=C(CSc1nnc(-c2ccccc2)n1-c1ccccc1)OCC(=O)N1CCCc2ccccc21. The summed E-state index contributed by atoms with van der Waals surface area (Å²) in [5, 5.41) is 9.28. The second kappa shape index (κ2) is 10.6. The van der Waals surface area contributed by atoms with Crippen LogP contribution in [0, 0.1) is 0 Å². The van der Waals surface area contributed by atoms with Crippen LogP contribution < -0.4 is 4.90 Å². The van der Waals surface area contributed by atoms with Gasteiger partial charge in [0.25, 0.3) is 5.91 Å². The summed E-state index contributed by atoms with van der Waals surface area (Å²) in [5.74, 6) is 0.0160. The van der Waals surface area contributed by atoms with Gasteiger partial charge in [0.1, 0.15) is 0 Å². The van der Waals surface area contributed by atoms with Gasteiger partial charge in [-0.3, -0.25) is 14.2 Å². The number of rotatable bonds is 7. The van der Waals surface area contributed by atoms with Crippen molar-refractivity contribution in [3.63, 3.8) is 0 Å². The van der Waals surface area contributed by atoms with Crippen LogP contribution in [0.25, 0.3) is 17.1 Å². The van der Waals surface area contributed by atoms with E-state index in [-0.39, 0.29) is 18.3 Å². The summed E-state index contributed by atoms with van der Waals surface area (Å²) < 4.78 is 7.24. The number of carbonyl (C=O) groups excluding carboxylic acids is 2. The number of hydrogen-bond donors (Lipinski definition) is 0. The van der Waals surface area contributed by atoms with E-state index in [4.69, 9.17) is 4.74 Å². The van der Waals surface area contributed by atoms with Crippen molar-refractivity contribution in [2.24, 2.45) is 0 Å². The van der Waals surface area contributed by atoms with Crippen LogP contribution in [0.15, 0.2) is 90.1 Å². The Morgan fingerprint density at radius 2 is 1.60 bits per heavy atom. The van der Waals surface area contributed by atoms with Crippen molar-refractivity contribution >= 4 is 29.3 Å². The molecule has 0 radical (unpaired) electrons. The van der Waals surface area contributed by atoms with Crippen molar-refractivity contribution in [1.29, 1.82) is 0 Å². The van der Waals surface area contributed by atoms with Crippen molar-refractivity contribution < 1.29 is 14.3 Å². The molecule has 35 heavy (non-hydrogen) atoms. The first-order valence-corrected chi connectivity index (χ1v) is 12.4. The summed E-state index contributed by atoms with van der Waals surface area (Å²) in [6.07, 6.45) is 1.84. The molecule has 0 saturated heterocycles. The maximum Gasteiger partial charge on any atom is 0.316 e. The topological polar surface area (TPSA) is 77.3 Å². The van der Waals surface area contributed by atoms with E-state index >= 15 is 0 Å². The van der Waals surface area contributed by atoms with Crippen LogP contribution in [0.3, 0.4) is 0 Å². The van der Waals surface area contributed by atoms with Gasteiger partial charge in [0.05, 0.1) is 5.75 Å². The van der Waals surface area contributed by atoms with Crippen molar-refractivity contribution in [3.05, 3.63) is 90.5 Å². The molecule has 8 heteroatoms. The van der Waals surface area contributed by atoms with E-state index in [2.05, 4.69) is 10.2 Å². The Bertz CT molecular complexity index is 1320. The minimum Gasteiger partial charge on any atom is -0.455 e. The minimum atomic E-state index is -0.475. The summed E-state index contributed by atoms with van der Waals surface area (Å²) in [5.41, 5.74) is 3.86. The lowest BCUT2D eigenvalue weighted by molar-refractivity contribution is -0.145. The quantitative estimate of drug-likeness (QED) is 0.283. The van der Waals surface area contributed by atoms with E-state index < -0.39 is 5.97 Å².